The van der Waals surface area contributed by atoms with Crippen LogP contribution in [0.4, 0.5) is 0 Å². The Balaban J connectivity index is 1.48. The van der Waals surface area contributed by atoms with Gasteiger partial charge in [-0.2, -0.15) is 0 Å². The number of hydrogen-bond donors (Lipinski definition) is 1. The molecule has 0 saturated carbocycles. The number of carbonyl (C=O) groups is 1. The van der Waals surface area contributed by atoms with E-state index in [9.17, 15) is 9.00 Å². The van der Waals surface area contributed by atoms with E-state index in [4.69, 9.17) is 27.6 Å². The predicted molar refractivity (Wildman–Crippen MR) is 113 cm³/mol. The van der Waals surface area contributed by atoms with Crippen molar-refractivity contribution in [2.45, 2.75) is 17.9 Å². The van der Waals surface area contributed by atoms with Gasteiger partial charge in [0.2, 0.25) is 0 Å². The zero-order valence-corrected chi connectivity index (χ0v) is 17.3. The molecule has 0 radical (unpaired) electrons. The second kappa shape index (κ2) is 9.92. The largest absolute Gasteiger partial charge is 0.455 e. The van der Waals surface area contributed by atoms with Crippen LogP contribution in [0.3, 0.4) is 0 Å². The highest BCUT2D eigenvalue weighted by molar-refractivity contribution is 7.83. The average molecular weight is 436 g/mol. The van der Waals surface area contributed by atoms with Gasteiger partial charge in [0.15, 0.2) is 5.76 Å². The van der Waals surface area contributed by atoms with Crippen LogP contribution < -0.4 is 5.32 Å². The number of benzene rings is 2. The molecule has 1 atom stereocenters. The zero-order valence-electron chi connectivity index (χ0n) is 15.0. The highest BCUT2D eigenvalue weighted by Gasteiger charge is 2.13. The van der Waals surface area contributed by atoms with Crippen LogP contribution in [0.5, 0.6) is 0 Å². The molecule has 1 heterocycles. The molecule has 0 bridgehead atoms. The number of halogens is 2. The van der Waals surface area contributed by atoms with Crippen molar-refractivity contribution in [1.82, 2.24) is 5.32 Å². The van der Waals surface area contributed by atoms with Crippen LogP contribution in [0.25, 0.3) is 0 Å². The van der Waals surface area contributed by atoms with Gasteiger partial charge in [-0.1, -0.05) is 53.5 Å². The fourth-order valence-electron chi connectivity index (χ4n) is 2.63. The third kappa shape index (κ3) is 5.96. The van der Waals surface area contributed by atoms with E-state index < -0.39 is 10.8 Å². The van der Waals surface area contributed by atoms with Crippen molar-refractivity contribution >= 4 is 39.9 Å². The van der Waals surface area contributed by atoms with Crippen molar-refractivity contribution in [3.63, 3.8) is 0 Å². The van der Waals surface area contributed by atoms with Crippen LogP contribution in [0, 0.1) is 0 Å². The van der Waals surface area contributed by atoms with Crippen LogP contribution in [-0.2, 0) is 28.7 Å². The van der Waals surface area contributed by atoms with E-state index in [-0.39, 0.29) is 17.4 Å². The first-order chi connectivity index (χ1) is 13.5. The summed E-state index contributed by atoms with van der Waals surface area (Å²) >= 11 is 12.0. The van der Waals surface area contributed by atoms with Gasteiger partial charge in [0, 0.05) is 27.4 Å². The lowest BCUT2D eigenvalue weighted by atomic mass is 10.1. The minimum absolute atomic E-state index is 0.209. The van der Waals surface area contributed by atoms with Crippen LogP contribution >= 0.6 is 23.2 Å². The molecule has 1 N–H and O–H groups in total. The number of hydrogen-bond acceptors (Lipinski definition) is 3. The Morgan fingerprint density at radius 1 is 0.964 bits per heavy atom. The van der Waals surface area contributed by atoms with E-state index in [0.717, 1.165) is 11.1 Å². The topological polar surface area (TPSA) is 59.3 Å². The Kier molecular flexibility index (Phi) is 7.31. The summed E-state index contributed by atoms with van der Waals surface area (Å²) in [6, 6.07) is 18.1. The fraction of sp³-hybridized carbons (Fsp3) is 0.190. The number of amides is 1. The van der Waals surface area contributed by atoms with Crippen LogP contribution in [0.1, 0.15) is 27.4 Å². The van der Waals surface area contributed by atoms with Crippen molar-refractivity contribution in [1.29, 1.82) is 0 Å². The summed E-state index contributed by atoms with van der Waals surface area (Å²) in [4.78, 5) is 12.2. The third-order valence-electron chi connectivity index (χ3n) is 4.08. The molecule has 0 saturated heterocycles. The number of nitrogens with one attached hydrogen (secondary N) is 1. The number of rotatable bonds is 8. The van der Waals surface area contributed by atoms with E-state index in [2.05, 4.69) is 5.32 Å². The fourth-order valence-corrected chi connectivity index (χ4v) is 4.22. The molecular formula is C21H19Cl2NO3S. The monoisotopic (exact) mass is 435 g/mol. The van der Waals surface area contributed by atoms with Crippen molar-refractivity contribution in [3.05, 3.63) is 93.4 Å². The van der Waals surface area contributed by atoms with E-state index in [0.29, 0.717) is 34.5 Å². The Hall–Kier alpha value is -2.08. The number of furan rings is 1. The van der Waals surface area contributed by atoms with Gasteiger partial charge in [0.1, 0.15) is 5.76 Å². The Labute approximate surface area is 176 Å². The van der Waals surface area contributed by atoms with E-state index in [1.54, 1.807) is 18.2 Å². The SMILES string of the molecule is O=C(NCCc1ccc(Cl)cc1)c1ccc(C[S@@](=O)Cc2ccccc2Cl)o1. The maximum absolute atomic E-state index is 12.3. The molecule has 7 heteroatoms. The van der Waals surface area contributed by atoms with E-state index in [1.165, 1.54) is 0 Å². The Morgan fingerprint density at radius 3 is 2.46 bits per heavy atom. The molecule has 4 nitrogen and oxygen atoms in total. The van der Waals surface area contributed by atoms with E-state index >= 15 is 0 Å². The summed E-state index contributed by atoms with van der Waals surface area (Å²) in [6.45, 7) is 0.481. The first kappa shape index (κ1) is 20.6. The van der Waals surface area contributed by atoms with Crippen molar-refractivity contribution < 1.29 is 13.4 Å². The minimum Gasteiger partial charge on any atom is -0.455 e. The lowest BCUT2D eigenvalue weighted by Gasteiger charge is -2.04. The molecular weight excluding hydrogens is 417 g/mol. The molecule has 0 fully saturated rings. The highest BCUT2D eigenvalue weighted by atomic mass is 35.5. The summed E-state index contributed by atoms with van der Waals surface area (Å²) in [5.74, 6) is 0.984. The van der Waals surface area contributed by atoms with Gasteiger partial charge in [-0.05, 0) is 47.9 Å². The minimum atomic E-state index is -1.19. The molecule has 146 valence electrons. The van der Waals surface area contributed by atoms with Crippen LogP contribution in [-0.4, -0.2) is 16.7 Å². The molecule has 1 amide bonds. The molecule has 3 aromatic rings. The summed E-state index contributed by atoms with van der Waals surface area (Å²) < 4.78 is 17.9. The first-order valence-corrected chi connectivity index (χ1v) is 11.0. The molecule has 2 aromatic carbocycles. The van der Waals surface area contributed by atoms with Gasteiger partial charge in [-0.25, -0.2) is 0 Å². The van der Waals surface area contributed by atoms with Crippen LogP contribution in [0.15, 0.2) is 65.1 Å². The predicted octanol–water partition coefficient (Wildman–Crippen LogP) is 5.01. The lowest BCUT2D eigenvalue weighted by molar-refractivity contribution is 0.0925. The molecule has 0 unspecified atom stereocenters. The average Bonchev–Trinajstić information content (AvgIpc) is 3.13. The van der Waals surface area contributed by atoms with Crippen molar-refractivity contribution in [2.75, 3.05) is 6.54 Å². The highest BCUT2D eigenvalue weighted by Crippen LogP contribution is 2.19. The summed E-state index contributed by atoms with van der Waals surface area (Å²) in [5.41, 5.74) is 1.91. The first-order valence-electron chi connectivity index (χ1n) is 8.71. The molecule has 0 aliphatic rings. The molecule has 3 rings (SSSR count). The Morgan fingerprint density at radius 2 is 1.71 bits per heavy atom. The standard InChI is InChI=1S/C21H19Cl2NO3S/c22-17-7-5-15(6-8-17)11-12-24-21(25)20-10-9-18(27-20)14-28(26)13-16-3-1-2-4-19(16)23/h1-10H,11-14H2,(H,24,25)/t28-/m0/s1. The third-order valence-corrected chi connectivity index (χ3v) is 5.94. The zero-order chi connectivity index (χ0) is 19.9. The van der Waals surface area contributed by atoms with Gasteiger partial charge in [0.05, 0.1) is 11.5 Å². The maximum atomic E-state index is 12.3. The van der Waals surface area contributed by atoms with Crippen LogP contribution in [0.2, 0.25) is 10.0 Å². The Bertz CT molecular complexity index is 970. The molecule has 0 spiro atoms. The van der Waals surface area contributed by atoms with E-state index in [1.807, 2.05) is 42.5 Å². The molecule has 0 aliphatic heterocycles. The van der Waals surface area contributed by atoms with Gasteiger partial charge in [-0.15, -0.1) is 0 Å². The quantitative estimate of drug-likeness (QED) is 0.540. The second-order valence-electron chi connectivity index (χ2n) is 6.22. The molecule has 1 aromatic heterocycles. The second-order valence-corrected chi connectivity index (χ2v) is 8.52. The van der Waals surface area contributed by atoms with Gasteiger partial charge in [0.25, 0.3) is 5.91 Å². The van der Waals surface area contributed by atoms with Gasteiger partial charge < -0.3 is 9.73 Å². The van der Waals surface area contributed by atoms with Gasteiger partial charge >= 0.3 is 0 Å². The summed E-state index contributed by atoms with van der Waals surface area (Å²) in [6.07, 6.45) is 0.693. The summed E-state index contributed by atoms with van der Waals surface area (Å²) in [7, 11) is -1.19. The normalized spacial score (nSPS) is 11.9. The van der Waals surface area contributed by atoms with Gasteiger partial charge in [-0.3, -0.25) is 9.00 Å². The van der Waals surface area contributed by atoms with Crippen molar-refractivity contribution in [3.8, 4) is 0 Å². The maximum Gasteiger partial charge on any atom is 0.287 e. The lowest BCUT2D eigenvalue weighted by Crippen LogP contribution is -2.25. The molecule has 0 aliphatic carbocycles. The van der Waals surface area contributed by atoms with Crippen molar-refractivity contribution in [2.24, 2.45) is 0 Å². The molecule has 28 heavy (non-hydrogen) atoms. The smallest absolute Gasteiger partial charge is 0.287 e. The summed E-state index contributed by atoms with van der Waals surface area (Å²) in [5, 5.41) is 4.09. The number of carbonyl (C=O) groups excluding carboxylic acids is 1.